The summed E-state index contributed by atoms with van der Waals surface area (Å²) in [5, 5.41) is 14.9. The van der Waals surface area contributed by atoms with Gasteiger partial charge in [0.1, 0.15) is 12.5 Å². The van der Waals surface area contributed by atoms with Gasteiger partial charge >= 0.3 is 0 Å². The van der Waals surface area contributed by atoms with E-state index in [-0.39, 0.29) is 24.2 Å². The van der Waals surface area contributed by atoms with Gasteiger partial charge in [-0.05, 0) is 50.8 Å². The Labute approximate surface area is 183 Å². The van der Waals surface area contributed by atoms with Crippen LogP contribution in [0.25, 0.3) is 0 Å². The first-order valence-corrected chi connectivity index (χ1v) is 10.9. The Morgan fingerprint density at radius 1 is 1.17 bits per heavy atom. The van der Waals surface area contributed by atoms with Gasteiger partial charge in [-0.3, -0.25) is 19.3 Å². The van der Waals surface area contributed by atoms with Crippen LogP contribution in [0.4, 0.5) is 4.39 Å². The topological polar surface area (TPSA) is 74.6 Å². The number of halogens is 2. The summed E-state index contributed by atoms with van der Waals surface area (Å²) in [6.07, 6.45) is 1.48. The van der Waals surface area contributed by atoms with E-state index in [1.807, 2.05) is 23.2 Å². The lowest BCUT2D eigenvalue weighted by Gasteiger charge is -2.40. The van der Waals surface area contributed by atoms with Gasteiger partial charge in [0.15, 0.2) is 11.4 Å². The van der Waals surface area contributed by atoms with Crippen molar-refractivity contribution in [3.8, 4) is 5.75 Å². The molecule has 0 bridgehead atoms. The first-order valence-electron chi connectivity index (χ1n) is 9.15. The highest BCUT2D eigenvalue weighted by molar-refractivity contribution is 9.10. The van der Waals surface area contributed by atoms with Gasteiger partial charge in [-0.1, -0.05) is 18.2 Å². The second-order valence-corrected chi connectivity index (χ2v) is 8.86. The van der Waals surface area contributed by atoms with Gasteiger partial charge in [0.05, 0.1) is 6.04 Å². The molecule has 3 heterocycles. The molecule has 152 valence electrons. The van der Waals surface area contributed by atoms with E-state index >= 15 is 0 Å². The molecule has 6 nitrogen and oxygen atoms in total. The molecule has 2 aliphatic rings. The number of amides is 1. The highest BCUT2D eigenvalue weighted by Gasteiger charge is 2.35. The highest BCUT2D eigenvalue weighted by atomic mass is 79.9. The lowest BCUT2D eigenvalue weighted by atomic mass is 9.94. The Morgan fingerprint density at radius 2 is 2.00 bits per heavy atom. The molecule has 0 spiro atoms. The zero-order valence-electron chi connectivity index (χ0n) is 15.4. The fraction of sp³-hybridized carbons (Fsp3) is 0.143. The van der Waals surface area contributed by atoms with Crippen molar-refractivity contribution in [1.29, 1.82) is 0 Å². The van der Waals surface area contributed by atoms with Gasteiger partial charge in [0.25, 0.3) is 5.91 Å². The Bertz CT molecular complexity index is 1260. The maximum absolute atomic E-state index is 14.0. The average Bonchev–Trinajstić information content (AvgIpc) is 2.88. The molecule has 1 amide bonds. The monoisotopic (exact) mass is 487 g/mol. The predicted octanol–water partition coefficient (Wildman–Crippen LogP) is 3.49. The molecule has 3 aromatic rings. The van der Waals surface area contributed by atoms with E-state index in [1.54, 1.807) is 17.8 Å². The molecule has 0 aliphatic carbocycles. The largest absolute Gasteiger partial charge is 0.502 e. The minimum Gasteiger partial charge on any atom is -0.502 e. The van der Waals surface area contributed by atoms with E-state index in [1.165, 1.54) is 29.1 Å². The lowest BCUT2D eigenvalue weighted by molar-refractivity contribution is 0.0915. The fourth-order valence-corrected chi connectivity index (χ4v) is 5.80. The Hall–Kier alpha value is -2.78. The maximum atomic E-state index is 14.0. The smallest absolute Gasteiger partial charge is 0.275 e. The van der Waals surface area contributed by atoms with Crippen LogP contribution in [-0.2, 0) is 5.75 Å². The van der Waals surface area contributed by atoms with E-state index < -0.39 is 17.1 Å². The summed E-state index contributed by atoms with van der Waals surface area (Å²) in [7, 11) is 0. The minimum absolute atomic E-state index is 0.120. The molecule has 2 aromatic carbocycles. The van der Waals surface area contributed by atoms with Crippen LogP contribution < -0.4 is 15.8 Å². The number of aromatic nitrogens is 1. The Balaban J connectivity index is 1.79. The van der Waals surface area contributed by atoms with Crippen molar-refractivity contribution in [3.05, 3.63) is 91.6 Å². The van der Waals surface area contributed by atoms with Gasteiger partial charge in [-0.25, -0.2) is 4.39 Å². The molecule has 2 aliphatic heterocycles. The first kappa shape index (κ1) is 19.2. The van der Waals surface area contributed by atoms with Gasteiger partial charge < -0.3 is 10.4 Å². The number of benzene rings is 2. The second kappa shape index (κ2) is 7.17. The van der Waals surface area contributed by atoms with Gasteiger partial charge in [0.2, 0.25) is 5.43 Å². The predicted molar refractivity (Wildman–Crippen MR) is 115 cm³/mol. The molecule has 0 fully saturated rings. The molecule has 1 unspecified atom stereocenters. The number of hydrogen-bond donors (Lipinski definition) is 2. The second-order valence-electron chi connectivity index (χ2n) is 7.02. The van der Waals surface area contributed by atoms with Crippen LogP contribution in [0.5, 0.6) is 5.75 Å². The molecule has 30 heavy (non-hydrogen) atoms. The zero-order valence-corrected chi connectivity index (χ0v) is 17.8. The molecule has 1 atom stereocenters. The first-order chi connectivity index (χ1) is 14.5. The number of thioether (sulfide) groups is 1. The number of carbonyl (C=O) groups excluding carboxylic acids is 1. The number of nitrogens with zero attached hydrogens (tertiary/aromatic N) is 2. The third kappa shape index (κ3) is 2.92. The quantitative estimate of drug-likeness (QED) is 0.549. The normalized spacial score (nSPS) is 17.5. The van der Waals surface area contributed by atoms with Gasteiger partial charge in [0, 0.05) is 27.4 Å². The number of rotatable bonds is 1. The Kier molecular flexibility index (Phi) is 4.59. The van der Waals surface area contributed by atoms with Crippen LogP contribution in [0.15, 0.2) is 62.8 Å². The maximum Gasteiger partial charge on any atom is 0.275 e. The van der Waals surface area contributed by atoms with Crippen LogP contribution in [0.2, 0.25) is 0 Å². The van der Waals surface area contributed by atoms with Crippen LogP contribution in [0.1, 0.15) is 33.2 Å². The van der Waals surface area contributed by atoms with Gasteiger partial charge in [-0.2, -0.15) is 0 Å². The summed E-state index contributed by atoms with van der Waals surface area (Å²) in [4.78, 5) is 25.4. The van der Waals surface area contributed by atoms with E-state index in [0.29, 0.717) is 5.75 Å². The van der Waals surface area contributed by atoms with Crippen molar-refractivity contribution in [2.75, 3.05) is 11.7 Å². The number of hydrogen-bond acceptors (Lipinski definition) is 5. The third-order valence-electron chi connectivity index (χ3n) is 5.31. The number of nitrogens with one attached hydrogen (secondary N) is 1. The third-order valence-corrected chi connectivity index (χ3v) is 7.43. The fourth-order valence-electron chi connectivity index (χ4n) is 3.97. The molecule has 1 aromatic heterocycles. The molecule has 0 saturated heterocycles. The van der Waals surface area contributed by atoms with Crippen LogP contribution in [0.3, 0.4) is 0 Å². The number of aromatic hydroxyl groups is 1. The minimum atomic E-state index is -0.625. The Morgan fingerprint density at radius 3 is 2.83 bits per heavy atom. The number of carbonyl (C=O) groups is 1. The van der Waals surface area contributed by atoms with E-state index in [9.17, 15) is 19.1 Å². The van der Waals surface area contributed by atoms with E-state index in [0.717, 1.165) is 26.1 Å². The van der Waals surface area contributed by atoms with Crippen LogP contribution in [-0.4, -0.2) is 22.4 Å². The summed E-state index contributed by atoms with van der Waals surface area (Å²) in [6.45, 7) is 0.145. The highest BCUT2D eigenvalue weighted by Crippen LogP contribution is 2.45. The molecule has 0 saturated carbocycles. The standard InChI is InChI=1S/C21H15BrFN3O3S/c22-15-3-1-2-14-17(13-5-4-12(23)8-11(13)9-30-20(14)15)26-10-24-21(29)18-19(28)16(27)6-7-25(18)26/h1-8,17,28H,9-10H2,(H,24,29). The molecular formula is C21H15BrFN3O3S. The van der Waals surface area contributed by atoms with Crippen LogP contribution >= 0.6 is 27.7 Å². The van der Waals surface area contributed by atoms with Crippen molar-refractivity contribution >= 4 is 33.6 Å². The molecular weight excluding hydrogens is 473 g/mol. The SMILES string of the molecule is O=C1NCN(C2c3ccc(F)cc3CSc3c(Br)cccc32)n2ccc(=O)c(O)c21. The summed E-state index contributed by atoms with van der Waals surface area (Å²) in [6, 6.07) is 11.4. The van der Waals surface area contributed by atoms with Crippen molar-refractivity contribution in [2.24, 2.45) is 0 Å². The lowest BCUT2D eigenvalue weighted by Crippen LogP contribution is -2.53. The van der Waals surface area contributed by atoms with E-state index in [4.69, 9.17) is 0 Å². The molecule has 9 heteroatoms. The summed E-state index contributed by atoms with van der Waals surface area (Å²) in [5.74, 6) is -0.858. The van der Waals surface area contributed by atoms with Crippen molar-refractivity contribution in [1.82, 2.24) is 9.99 Å². The van der Waals surface area contributed by atoms with E-state index in [2.05, 4.69) is 21.2 Å². The summed E-state index contributed by atoms with van der Waals surface area (Å²) in [5.41, 5.74) is 1.96. The van der Waals surface area contributed by atoms with Crippen molar-refractivity contribution in [3.63, 3.8) is 0 Å². The molecule has 5 rings (SSSR count). The van der Waals surface area contributed by atoms with Crippen LogP contribution in [0, 0.1) is 5.82 Å². The number of fused-ring (bicyclic) bond motifs is 3. The molecule has 0 radical (unpaired) electrons. The average molecular weight is 488 g/mol. The van der Waals surface area contributed by atoms with Gasteiger partial charge in [-0.15, -0.1) is 11.8 Å². The number of pyridine rings is 1. The van der Waals surface area contributed by atoms with Crippen molar-refractivity contribution in [2.45, 2.75) is 16.7 Å². The summed E-state index contributed by atoms with van der Waals surface area (Å²) < 4.78 is 16.5. The summed E-state index contributed by atoms with van der Waals surface area (Å²) >= 11 is 5.23. The zero-order chi connectivity index (χ0) is 21.0. The van der Waals surface area contributed by atoms with Crippen molar-refractivity contribution < 1.29 is 14.3 Å². The molecule has 2 N–H and O–H groups in total.